The van der Waals surface area contributed by atoms with Crippen LogP contribution in [0.1, 0.15) is 5.69 Å². The molecule has 1 aromatic heterocycles. The smallest absolute Gasteiger partial charge is 0.146 e. The summed E-state index contributed by atoms with van der Waals surface area (Å²) in [6, 6.07) is 13.0. The van der Waals surface area contributed by atoms with E-state index in [4.69, 9.17) is 34.8 Å². The Hall–Kier alpha value is -1.48. The van der Waals surface area contributed by atoms with Crippen LogP contribution in [0.2, 0.25) is 15.1 Å². The molecule has 0 fully saturated rings. The Balaban J connectivity index is 2.19. The van der Waals surface area contributed by atoms with Gasteiger partial charge < -0.3 is 0 Å². The Labute approximate surface area is 137 Å². The van der Waals surface area contributed by atoms with E-state index >= 15 is 0 Å². The van der Waals surface area contributed by atoms with Crippen LogP contribution in [0.5, 0.6) is 0 Å². The molecule has 1 heterocycles. The largest absolute Gasteiger partial charge is 0.297 e. The van der Waals surface area contributed by atoms with Gasteiger partial charge in [0.1, 0.15) is 5.82 Å². The van der Waals surface area contributed by atoms with Crippen molar-refractivity contribution < 1.29 is 0 Å². The molecular weight excluding hydrogens is 327 g/mol. The van der Waals surface area contributed by atoms with Gasteiger partial charge in [0.15, 0.2) is 0 Å². The number of aryl methyl sites for hydroxylation is 1. The first-order chi connectivity index (χ1) is 10.1. The quantitative estimate of drug-likeness (QED) is 0.577. The molecule has 0 bridgehead atoms. The van der Waals surface area contributed by atoms with Gasteiger partial charge >= 0.3 is 0 Å². The van der Waals surface area contributed by atoms with Crippen LogP contribution >= 0.6 is 34.8 Å². The number of halogens is 3. The number of imidazole rings is 1. The predicted molar refractivity (Wildman–Crippen MR) is 88.8 cm³/mol. The molecule has 0 saturated heterocycles. The average Bonchev–Trinajstić information content (AvgIpc) is 2.82. The van der Waals surface area contributed by atoms with E-state index in [1.54, 1.807) is 12.1 Å². The number of benzene rings is 2. The van der Waals surface area contributed by atoms with Gasteiger partial charge in [-0.05, 0) is 49.4 Å². The summed E-state index contributed by atoms with van der Waals surface area (Å²) in [6.45, 7) is 1.99. The second-order valence-corrected chi connectivity index (χ2v) is 5.94. The molecule has 5 heteroatoms. The van der Waals surface area contributed by atoms with Crippen LogP contribution in [-0.2, 0) is 0 Å². The number of hydrogen-bond donors (Lipinski definition) is 0. The number of aromatic nitrogens is 2. The lowest BCUT2D eigenvalue weighted by molar-refractivity contribution is 1.01. The van der Waals surface area contributed by atoms with Gasteiger partial charge in [-0.3, -0.25) is 4.57 Å². The van der Waals surface area contributed by atoms with Crippen LogP contribution in [0.25, 0.3) is 17.1 Å². The van der Waals surface area contributed by atoms with Gasteiger partial charge in [0.2, 0.25) is 0 Å². The fourth-order valence-electron chi connectivity index (χ4n) is 2.21. The number of hydrogen-bond acceptors (Lipinski definition) is 1. The lowest BCUT2D eigenvalue weighted by Crippen LogP contribution is -1.99. The second kappa shape index (κ2) is 5.72. The normalized spacial score (nSPS) is 10.9. The van der Waals surface area contributed by atoms with Gasteiger partial charge in [-0.15, -0.1) is 0 Å². The zero-order chi connectivity index (χ0) is 15.0. The summed E-state index contributed by atoms with van der Waals surface area (Å²) < 4.78 is 2.03. The number of rotatable bonds is 2. The molecule has 0 aliphatic carbocycles. The van der Waals surface area contributed by atoms with Gasteiger partial charge in [-0.2, -0.15) is 0 Å². The van der Waals surface area contributed by atoms with Crippen molar-refractivity contribution in [3.63, 3.8) is 0 Å². The van der Waals surface area contributed by atoms with Crippen molar-refractivity contribution in [1.29, 1.82) is 0 Å². The summed E-state index contributed by atoms with van der Waals surface area (Å²) in [6.07, 6.45) is 1.81. The molecule has 0 saturated carbocycles. The van der Waals surface area contributed by atoms with E-state index in [2.05, 4.69) is 4.98 Å². The summed E-state index contributed by atoms with van der Waals surface area (Å²) in [5, 5.41) is 1.87. The lowest BCUT2D eigenvalue weighted by Gasteiger charge is -2.11. The first-order valence-corrected chi connectivity index (χ1v) is 7.45. The van der Waals surface area contributed by atoms with Crippen molar-refractivity contribution >= 4 is 34.8 Å². The molecule has 2 nitrogen and oxygen atoms in total. The summed E-state index contributed by atoms with van der Waals surface area (Å²) in [7, 11) is 0. The molecule has 3 aromatic rings. The topological polar surface area (TPSA) is 17.8 Å². The van der Waals surface area contributed by atoms with Gasteiger partial charge in [0.25, 0.3) is 0 Å². The zero-order valence-electron chi connectivity index (χ0n) is 11.1. The molecular formula is C16H11Cl3N2. The van der Waals surface area contributed by atoms with E-state index in [9.17, 15) is 0 Å². The Bertz CT molecular complexity index is 792. The fourth-order valence-corrected chi connectivity index (χ4v) is 2.83. The van der Waals surface area contributed by atoms with Crippen molar-refractivity contribution in [2.24, 2.45) is 0 Å². The Morgan fingerprint density at radius 3 is 2.24 bits per heavy atom. The van der Waals surface area contributed by atoms with Gasteiger partial charge in [0.05, 0.1) is 5.02 Å². The summed E-state index contributed by atoms with van der Waals surface area (Å²) >= 11 is 18.2. The standard InChI is InChI=1S/C16H11Cl3N2/c1-10-9-20-16(14-7-4-12(18)8-15(14)19)21(10)13-5-2-11(17)3-6-13/h2-9H,1H3. The maximum Gasteiger partial charge on any atom is 0.146 e. The molecule has 0 N–H and O–H groups in total. The highest BCUT2D eigenvalue weighted by Crippen LogP contribution is 2.32. The molecule has 21 heavy (non-hydrogen) atoms. The van der Waals surface area contributed by atoms with Crippen LogP contribution < -0.4 is 0 Å². The zero-order valence-corrected chi connectivity index (χ0v) is 13.4. The minimum absolute atomic E-state index is 0.573. The highest BCUT2D eigenvalue weighted by Gasteiger charge is 2.14. The molecule has 106 valence electrons. The Morgan fingerprint density at radius 1 is 0.905 bits per heavy atom. The molecule has 0 radical (unpaired) electrons. The van der Waals surface area contributed by atoms with Gasteiger partial charge in [0, 0.05) is 33.2 Å². The number of nitrogens with zero attached hydrogens (tertiary/aromatic N) is 2. The Kier molecular flexibility index (Phi) is 3.94. The van der Waals surface area contributed by atoms with Gasteiger partial charge in [-0.25, -0.2) is 4.98 Å². The van der Waals surface area contributed by atoms with E-state index < -0.39 is 0 Å². The molecule has 0 aliphatic heterocycles. The molecule has 0 aliphatic rings. The first kappa shape index (κ1) is 14.5. The molecule has 0 atom stereocenters. The van der Waals surface area contributed by atoms with E-state index in [0.29, 0.717) is 15.1 Å². The second-order valence-electron chi connectivity index (χ2n) is 4.66. The summed E-state index contributed by atoms with van der Waals surface area (Å²) in [4.78, 5) is 4.48. The third-order valence-electron chi connectivity index (χ3n) is 3.20. The summed E-state index contributed by atoms with van der Waals surface area (Å²) in [5.74, 6) is 0.775. The van der Waals surface area contributed by atoms with Crippen LogP contribution in [-0.4, -0.2) is 9.55 Å². The molecule has 0 spiro atoms. The molecule has 2 aromatic carbocycles. The third kappa shape index (κ3) is 2.80. The van der Waals surface area contributed by atoms with Crippen LogP contribution in [0.4, 0.5) is 0 Å². The SMILES string of the molecule is Cc1cnc(-c2ccc(Cl)cc2Cl)n1-c1ccc(Cl)cc1. The van der Waals surface area contributed by atoms with Gasteiger partial charge in [-0.1, -0.05) is 34.8 Å². The van der Waals surface area contributed by atoms with Crippen molar-refractivity contribution in [2.75, 3.05) is 0 Å². The van der Waals surface area contributed by atoms with Crippen LogP contribution in [0.15, 0.2) is 48.7 Å². The van der Waals surface area contributed by atoms with E-state index in [0.717, 1.165) is 22.8 Å². The molecule has 0 unspecified atom stereocenters. The van der Waals surface area contributed by atoms with E-state index in [1.165, 1.54) is 0 Å². The van der Waals surface area contributed by atoms with Crippen LogP contribution in [0, 0.1) is 6.92 Å². The lowest BCUT2D eigenvalue weighted by atomic mass is 10.2. The fraction of sp³-hybridized carbons (Fsp3) is 0.0625. The minimum Gasteiger partial charge on any atom is -0.297 e. The summed E-state index contributed by atoms with van der Waals surface area (Å²) in [5.41, 5.74) is 2.83. The monoisotopic (exact) mass is 336 g/mol. The average molecular weight is 338 g/mol. The molecule has 3 rings (SSSR count). The predicted octanol–water partition coefficient (Wildman–Crippen LogP) is 5.81. The highest BCUT2D eigenvalue weighted by molar-refractivity contribution is 6.36. The van der Waals surface area contributed by atoms with Crippen molar-refractivity contribution in [2.45, 2.75) is 6.92 Å². The van der Waals surface area contributed by atoms with E-state index in [1.807, 2.05) is 48.0 Å². The minimum atomic E-state index is 0.573. The van der Waals surface area contributed by atoms with Crippen LogP contribution in [0.3, 0.4) is 0 Å². The first-order valence-electron chi connectivity index (χ1n) is 6.32. The van der Waals surface area contributed by atoms with E-state index in [-0.39, 0.29) is 0 Å². The third-order valence-corrected chi connectivity index (χ3v) is 3.99. The maximum absolute atomic E-state index is 6.30. The Morgan fingerprint density at radius 2 is 1.57 bits per heavy atom. The van der Waals surface area contributed by atoms with Crippen molar-refractivity contribution in [1.82, 2.24) is 9.55 Å². The van der Waals surface area contributed by atoms with Crippen molar-refractivity contribution in [3.8, 4) is 17.1 Å². The molecule has 0 amide bonds. The maximum atomic E-state index is 6.30. The van der Waals surface area contributed by atoms with Crippen molar-refractivity contribution in [3.05, 3.63) is 69.4 Å². The highest BCUT2D eigenvalue weighted by atomic mass is 35.5.